The number of halogens is 1. The van der Waals surface area contributed by atoms with E-state index in [4.69, 9.17) is 5.73 Å². The number of hydrogen-bond acceptors (Lipinski definition) is 3. The Morgan fingerprint density at radius 2 is 2.00 bits per heavy atom. The first-order chi connectivity index (χ1) is 10.7. The molecule has 1 amide bonds. The van der Waals surface area contributed by atoms with Crippen LogP contribution in [0.4, 0.5) is 0 Å². The van der Waals surface area contributed by atoms with E-state index >= 15 is 0 Å². The van der Waals surface area contributed by atoms with Gasteiger partial charge in [0.05, 0.1) is 11.6 Å². The van der Waals surface area contributed by atoms with E-state index in [2.05, 4.69) is 34.6 Å². The molecule has 23 heavy (non-hydrogen) atoms. The number of nitrogens with two attached hydrogens (primary N) is 1. The quantitative estimate of drug-likeness (QED) is 0.833. The highest BCUT2D eigenvalue weighted by Gasteiger charge is 2.42. The van der Waals surface area contributed by atoms with Crippen LogP contribution in [0.25, 0.3) is 0 Å². The fraction of sp³-hybridized carbons (Fsp3) is 0.412. The van der Waals surface area contributed by atoms with Crippen molar-refractivity contribution >= 4 is 18.3 Å². The number of piperidine rings is 1. The minimum absolute atomic E-state index is 0. The van der Waals surface area contributed by atoms with Crippen LogP contribution in [0.15, 0.2) is 30.5 Å². The normalized spacial score (nSPS) is 18.4. The number of rotatable bonds is 1. The van der Waals surface area contributed by atoms with Crippen molar-refractivity contribution in [2.24, 2.45) is 5.73 Å². The van der Waals surface area contributed by atoms with Crippen LogP contribution in [-0.4, -0.2) is 28.5 Å². The molecule has 1 aromatic heterocycles. The van der Waals surface area contributed by atoms with Crippen molar-refractivity contribution in [2.75, 3.05) is 13.1 Å². The van der Waals surface area contributed by atoms with Gasteiger partial charge < -0.3 is 15.6 Å². The summed E-state index contributed by atoms with van der Waals surface area (Å²) < 4.78 is 2.05. The zero-order valence-corrected chi connectivity index (χ0v) is 13.7. The Morgan fingerprint density at radius 1 is 1.26 bits per heavy atom. The van der Waals surface area contributed by atoms with E-state index in [1.807, 2.05) is 4.57 Å². The van der Waals surface area contributed by atoms with Crippen molar-refractivity contribution in [1.82, 2.24) is 14.9 Å². The largest absolute Gasteiger partial charge is 0.364 e. The van der Waals surface area contributed by atoms with E-state index < -0.39 is 5.91 Å². The zero-order valence-electron chi connectivity index (χ0n) is 12.9. The molecule has 0 radical (unpaired) electrons. The van der Waals surface area contributed by atoms with Crippen LogP contribution in [-0.2, 0) is 18.4 Å². The van der Waals surface area contributed by atoms with E-state index in [1.54, 1.807) is 6.20 Å². The summed E-state index contributed by atoms with van der Waals surface area (Å²) in [5, 5.41) is 3.44. The van der Waals surface area contributed by atoms with Gasteiger partial charge in [0.15, 0.2) is 0 Å². The fourth-order valence-corrected chi connectivity index (χ4v) is 4.09. The Hall–Kier alpha value is -1.85. The molecule has 3 N–H and O–H groups in total. The number of primary amides is 1. The number of benzene rings is 1. The summed E-state index contributed by atoms with van der Waals surface area (Å²) in [5.41, 5.74) is 8.71. The summed E-state index contributed by atoms with van der Waals surface area (Å²) in [4.78, 5) is 16.4. The van der Waals surface area contributed by atoms with Gasteiger partial charge in [0.2, 0.25) is 0 Å². The fourth-order valence-electron chi connectivity index (χ4n) is 4.09. The molecule has 1 spiro atoms. The Bertz CT molecular complexity index is 734. The standard InChI is InChI=1S/C17H20N4O.ClH/c18-15(22)14-11-20-16-17(6-8-19-9-7-17)13-4-2-1-3-12(13)5-10-21(14)16;/h1-4,11,19H,5-10H2,(H2,18,22);1H. The molecule has 1 aromatic carbocycles. The third kappa shape index (κ3) is 2.35. The van der Waals surface area contributed by atoms with Crippen molar-refractivity contribution < 1.29 is 4.79 Å². The molecule has 2 aliphatic rings. The molecule has 0 saturated carbocycles. The SMILES string of the molecule is Cl.NC(=O)c1cnc2n1CCc1ccccc1C21CCNCC1. The molecule has 3 heterocycles. The second-order valence-corrected chi connectivity index (χ2v) is 6.22. The first-order valence-electron chi connectivity index (χ1n) is 7.87. The maximum atomic E-state index is 11.7. The van der Waals surface area contributed by atoms with Crippen LogP contribution in [0, 0.1) is 0 Å². The smallest absolute Gasteiger partial charge is 0.266 e. The second-order valence-electron chi connectivity index (χ2n) is 6.22. The molecule has 1 fully saturated rings. The molecule has 2 aliphatic heterocycles. The van der Waals surface area contributed by atoms with Crippen molar-refractivity contribution in [3.8, 4) is 0 Å². The molecule has 2 aromatic rings. The highest BCUT2D eigenvalue weighted by atomic mass is 35.5. The third-order valence-corrected chi connectivity index (χ3v) is 5.13. The Morgan fingerprint density at radius 3 is 2.74 bits per heavy atom. The van der Waals surface area contributed by atoms with E-state index in [0.717, 1.165) is 44.7 Å². The number of aromatic nitrogens is 2. The molecule has 0 atom stereocenters. The van der Waals surface area contributed by atoms with Gasteiger partial charge in [-0.05, 0) is 43.5 Å². The van der Waals surface area contributed by atoms with Crippen LogP contribution in [0.5, 0.6) is 0 Å². The van der Waals surface area contributed by atoms with Gasteiger partial charge in [0, 0.05) is 6.54 Å². The number of nitrogens with zero attached hydrogens (tertiary/aromatic N) is 2. The number of nitrogens with one attached hydrogen (secondary N) is 1. The molecule has 0 bridgehead atoms. The summed E-state index contributed by atoms with van der Waals surface area (Å²) in [6.45, 7) is 2.69. The minimum atomic E-state index is -0.395. The summed E-state index contributed by atoms with van der Waals surface area (Å²) in [6, 6.07) is 8.64. The van der Waals surface area contributed by atoms with E-state index in [0.29, 0.717) is 5.69 Å². The topological polar surface area (TPSA) is 72.9 Å². The lowest BCUT2D eigenvalue weighted by molar-refractivity contribution is 0.0990. The lowest BCUT2D eigenvalue weighted by Crippen LogP contribution is -2.42. The predicted octanol–water partition coefficient (Wildman–Crippen LogP) is 1.63. The average Bonchev–Trinajstić information content (AvgIpc) is 2.94. The number of amides is 1. The van der Waals surface area contributed by atoms with Gasteiger partial charge in [-0.1, -0.05) is 24.3 Å². The number of hydrogen-bond donors (Lipinski definition) is 2. The van der Waals surface area contributed by atoms with Crippen molar-refractivity contribution in [3.05, 3.63) is 53.1 Å². The number of aryl methyl sites for hydroxylation is 1. The van der Waals surface area contributed by atoms with E-state index in [1.165, 1.54) is 11.1 Å². The first kappa shape index (κ1) is 16.0. The third-order valence-electron chi connectivity index (χ3n) is 5.13. The molecule has 0 aliphatic carbocycles. The number of fused-ring (bicyclic) bond motifs is 4. The van der Waals surface area contributed by atoms with Crippen molar-refractivity contribution in [3.63, 3.8) is 0 Å². The number of carbonyl (C=O) groups is 1. The van der Waals surface area contributed by atoms with Crippen molar-refractivity contribution in [1.29, 1.82) is 0 Å². The van der Waals surface area contributed by atoms with Crippen LogP contribution in [0.2, 0.25) is 0 Å². The second kappa shape index (κ2) is 5.98. The Labute approximate surface area is 141 Å². The summed E-state index contributed by atoms with van der Waals surface area (Å²) in [7, 11) is 0. The van der Waals surface area contributed by atoms with E-state index in [-0.39, 0.29) is 17.8 Å². The summed E-state index contributed by atoms with van der Waals surface area (Å²) in [6.07, 6.45) is 4.56. The van der Waals surface area contributed by atoms with Gasteiger partial charge in [-0.3, -0.25) is 4.79 Å². The molecule has 122 valence electrons. The van der Waals surface area contributed by atoms with Gasteiger partial charge in [0.25, 0.3) is 5.91 Å². The zero-order chi connectivity index (χ0) is 15.2. The Balaban J connectivity index is 0.00000156. The van der Waals surface area contributed by atoms with Gasteiger partial charge in [0.1, 0.15) is 11.5 Å². The van der Waals surface area contributed by atoms with Gasteiger partial charge in [-0.2, -0.15) is 0 Å². The van der Waals surface area contributed by atoms with Crippen molar-refractivity contribution in [2.45, 2.75) is 31.2 Å². The maximum absolute atomic E-state index is 11.7. The monoisotopic (exact) mass is 332 g/mol. The minimum Gasteiger partial charge on any atom is -0.364 e. The number of carbonyl (C=O) groups excluding carboxylic acids is 1. The highest BCUT2D eigenvalue weighted by Crippen LogP contribution is 2.43. The van der Waals surface area contributed by atoms with Crippen LogP contribution in [0.1, 0.15) is 40.3 Å². The summed E-state index contributed by atoms with van der Waals surface area (Å²) >= 11 is 0. The van der Waals surface area contributed by atoms with Gasteiger partial charge in [-0.25, -0.2) is 4.98 Å². The van der Waals surface area contributed by atoms with E-state index in [9.17, 15) is 4.79 Å². The average molecular weight is 333 g/mol. The molecular weight excluding hydrogens is 312 g/mol. The Kier molecular flexibility index (Phi) is 4.17. The molecular formula is C17H21ClN4O. The van der Waals surface area contributed by atoms with Gasteiger partial charge >= 0.3 is 0 Å². The first-order valence-corrected chi connectivity index (χ1v) is 7.87. The summed E-state index contributed by atoms with van der Waals surface area (Å²) in [5.74, 6) is 0.613. The molecule has 4 rings (SSSR count). The molecule has 1 saturated heterocycles. The molecule has 5 nitrogen and oxygen atoms in total. The molecule has 0 unspecified atom stereocenters. The predicted molar refractivity (Wildman–Crippen MR) is 91.0 cm³/mol. The molecule has 6 heteroatoms. The van der Waals surface area contributed by atoms with Gasteiger partial charge in [-0.15, -0.1) is 12.4 Å². The van der Waals surface area contributed by atoms with Crippen LogP contribution < -0.4 is 11.1 Å². The van der Waals surface area contributed by atoms with Crippen LogP contribution in [0.3, 0.4) is 0 Å². The lowest BCUT2D eigenvalue weighted by Gasteiger charge is -2.37. The highest BCUT2D eigenvalue weighted by molar-refractivity contribution is 5.91. The van der Waals surface area contributed by atoms with Crippen LogP contribution >= 0.6 is 12.4 Å². The maximum Gasteiger partial charge on any atom is 0.266 e. The lowest BCUT2D eigenvalue weighted by atomic mass is 9.71. The number of imidazole rings is 1.